The van der Waals surface area contributed by atoms with Gasteiger partial charge in [0.2, 0.25) is 28.7 Å². The van der Waals surface area contributed by atoms with Crippen LogP contribution in [0.25, 0.3) is 0 Å². The minimum Gasteiger partial charge on any atom is -0.467 e. The SMILES string of the molecule is COC(=O)[C@@H](CCC(N)=O)NC(=O)[C@H](C)NC(=O)[C@@H](C)O[C@H]1[C@H](O)[C@@H](C(O)C(=O)CCCCCCCCCCNC(=O)OC(C)(C)C)OC(O)(SC(=O)CCCCCCCNC(=O)OC(C)(C)C)[C@@H]1NC(C)=O. The van der Waals surface area contributed by atoms with Crippen molar-refractivity contribution in [3.05, 3.63) is 0 Å². The maximum absolute atomic E-state index is 13.5. The molecule has 0 aromatic rings. The summed E-state index contributed by atoms with van der Waals surface area (Å²) in [5.74, 6) is -4.92. The van der Waals surface area contributed by atoms with Gasteiger partial charge in [-0.1, -0.05) is 57.8 Å². The molecule has 0 aromatic carbocycles. The molecule has 1 aliphatic rings. The van der Waals surface area contributed by atoms with Crippen molar-refractivity contribution in [1.29, 1.82) is 0 Å². The molecule has 24 heteroatoms. The number of nitrogens with one attached hydrogen (secondary N) is 5. The smallest absolute Gasteiger partial charge is 0.407 e. The van der Waals surface area contributed by atoms with E-state index in [1.807, 2.05) is 0 Å². The van der Waals surface area contributed by atoms with Gasteiger partial charge in [0.25, 0.3) is 0 Å². The highest BCUT2D eigenvalue weighted by molar-refractivity contribution is 8.14. The lowest BCUT2D eigenvalue weighted by Gasteiger charge is -2.49. The van der Waals surface area contributed by atoms with Crippen molar-refractivity contribution in [2.24, 2.45) is 5.73 Å². The Hall–Kier alpha value is -4.62. The number of thioether (sulfide) groups is 1. The maximum atomic E-state index is 13.5. The topological polar surface area (TPSA) is 347 Å². The van der Waals surface area contributed by atoms with Gasteiger partial charge in [-0.2, -0.15) is 0 Å². The van der Waals surface area contributed by atoms with Crippen LogP contribution in [0.2, 0.25) is 0 Å². The molecular weight excluding hydrogens is 977 g/mol. The van der Waals surface area contributed by atoms with Crippen LogP contribution < -0.4 is 32.3 Å². The molecule has 1 aliphatic heterocycles. The number of hydrogen-bond donors (Lipinski definition) is 9. The van der Waals surface area contributed by atoms with Crippen LogP contribution in [0, 0.1) is 0 Å². The number of esters is 1. The molecule has 10 N–H and O–H groups in total. The fourth-order valence-corrected chi connectivity index (χ4v) is 8.50. The van der Waals surface area contributed by atoms with E-state index >= 15 is 0 Å². The molecule has 23 nitrogen and oxygen atoms in total. The molecule has 0 saturated carbocycles. The number of nitrogens with two attached hydrogens (primary N) is 1. The van der Waals surface area contributed by atoms with E-state index in [0.29, 0.717) is 51.6 Å². The van der Waals surface area contributed by atoms with E-state index in [1.54, 1.807) is 41.5 Å². The van der Waals surface area contributed by atoms with Gasteiger partial charge in [-0.15, -0.1) is 0 Å². The first-order chi connectivity index (χ1) is 34.0. The molecule has 0 bridgehead atoms. The Morgan fingerprint density at radius 2 is 1.19 bits per heavy atom. The standard InChI is InChI=1S/C49H86N6O17S/c1-30(42(62)55-33(44(64)68-10)26-27-35(50)58)53-43(63)31(2)69-40-38(61)39(37(60)34(57)24-20-16-13-11-12-14-18-22-28-51-45(65)71-47(4,5)6)70-49(67,41(40)54-32(3)56)73-36(59)25-21-17-15-19-23-29-52-46(66)72-48(7,8)9/h30-31,33,37-41,60-61,67H,11-29H2,1-10H3,(H2,50,58)(H,51,65)(H,52,66)(H,53,63)(H,54,56)(H,55,62)/t30-,31+,33+,37?,38+,39+,40-,41+,49?/m0/s1. The highest BCUT2D eigenvalue weighted by Gasteiger charge is 2.59. The second-order valence-corrected chi connectivity index (χ2v) is 21.5. The van der Waals surface area contributed by atoms with Gasteiger partial charge in [0.05, 0.1) is 7.11 Å². The highest BCUT2D eigenvalue weighted by atomic mass is 32.2. The van der Waals surface area contributed by atoms with Gasteiger partial charge in [-0.25, -0.2) is 14.4 Å². The third-order valence-electron chi connectivity index (χ3n) is 11.2. The lowest BCUT2D eigenvalue weighted by Crippen LogP contribution is -2.72. The molecule has 2 unspecified atom stereocenters. The van der Waals surface area contributed by atoms with Crippen molar-refractivity contribution in [2.45, 2.75) is 236 Å². The van der Waals surface area contributed by atoms with Gasteiger partial charge in [0, 0.05) is 39.3 Å². The van der Waals surface area contributed by atoms with Crippen LogP contribution in [0.1, 0.15) is 171 Å². The summed E-state index contributed by atoms with van der Waals surface area (Å²) in [4.78, 5) is 114. The van der Waals surface area contributed by atoms with Crippen molar-refractivity contribution >= 4 is 64.4 Å². The average Bonchev–Trinajstić information content (AvgIpc) is 3.27. The summed E-state index contributed by atoms with van der Waals surface area (Å²) in [6, 6.07) is -4.38. The molecule has 9 atom stereocenters. The number of amides is 6. The van der Waals surface area contributed by atoms with Crippen LogP contribution in [0.3, 0.4) is 0 Å². The molecular formula is C49H86N6O17S. The zero-order valence-corrected chi connectivity index (χ0v) is 45.4. The van der Waals surface area contributed by atoms with Gasteiger partial charge in [-0.05, 0) is 99.3 Å². The Morgan fingerprint density at radius 3 is 1.66 bits per heavy atom. The number of ketones is 1. The predicted octanol–water partition coefficient (Wildman–Crippen LogP) is 3.19. The lowest BCUT2D eigenvalue weighted by molar-refractivity contribution is -0.291. The van der Waals surface area contributed by atoms with E-state index in [4.69, 9.17) is 29.4 Å². The van der Waals surface area contributed by atoms with Crippen molar-refractivity contribution in [2.75, 3.05) is 20.2 Å². The zero-order chi connectivity index (χ0) is 55.5. The van der Waals surface area contributed by atoms with E-state index in [9.17, 15) is 58.5 Å². The van der Waals surface area contributed by atoms with E-state index in [-0.39, 0.29) is 37.4 Å². The minimum atomic E-state index is -2.77. The second kappa shape index (κ2) is 33.3. The molecule has 0 aromatic heterocycles. The van der Waals surface area contributed by atoms with E-state index < -0.39 is 118 Å². The molecule has 1 saturated heterocycles. The van der Waals surface area contributed by atoms with Gasteiger partial charge >= 0.3 is 18.2 Å². The summed E-state index contributed by atoms with van der Waals surface area (Å²) in [6.07, 6.45) is -1.68. The van der Waals surface area contributed by atoms with Gasteiger partial charge in [-0.3, -0.25) is 28.8 Å². The normalized spacial score (nSPS) is 20.5. The third-order valence-corrected chi connectivity index (χ3v) is 12.2. The van der Waals surface area contributed by atoms with Gasteiger partial charge in [0.1, 0.15) is 59.8 Å². The molecule has 73 heavy (non-hydrogen) atoms. The number of aliphatic hydroxyl groups is 3. The Kier molecular flexibility index (Phi) is 30.3. The molecule has 6 amide bonds. The molecule has 1 rings (SSSR count). The summed E-state index contributed by atoms with van der Waals surface area (Å²) in [7, 11) is 1.08. The second-order valence-electron chi connectivity index (χ2n) is 20.3. The first-order valence-electron chi connectivity index (χ1n) is 25.3. The zero-order valence-electron chi connectivity index (χ0n) is 44.6. The molecule has 1 heterocycles. The fraction of sp³-hybridized carbons (Fsp3) is 0.816. The molecule has 0 spiro atoms. The fourth-order valence-electron chi connectivity index (χ4n) is 7.45. The van der Waals surface area contributed by atoms with Crippen LogP contribution in [0.5, 0.6) is 0 Å². The Labute approximate surface area is 434 Å². The largest absolute Gasteiger partial charge is 0.467 e. The molecule has 1 fully saturated rings. The number of ether oxygens (including phenoxy) is 5. The number of methoxy groups -OCH3 is 1. The molecule has 0 aliphatic carbocycles. The number of hydrogen-bond acceptors (Lipinski definition) is 18. The number of primary amides is 1. The number of alkyl carbamates (subject to hydrolysis) is 2. The third kappa shape index (κ3) is 28.0. The van der Waals surface area contributed by atoms with E-state index in [2.05, 4.69) is 26.6 Å². The monoisotopic (exact) mass is 1060 g/mol. The summed E-state index contributed by atoms with van der Waals surface area (Å²) in [5, 5.41) is 44.7. The predicted molar refractivity (Wildman–Crippen MR) is 269 cm³/mol. The van der Waals surface area contributed by atoms with Crippen LogP contribution >= 0.6 is 11.8 Å². The lowest BCUT2D eigenvalue weighted by atomic mass is 9.90. The summed E-state index contributed by atoms with van der Waals surface area (Å²) in [6.45, 7) is 15.2. The molecule has 0 radical (unpaired) electrons. The van der Waals surface area contributed by atoms with Crippen molar-refractivity contribution in [3.63, 3.8) is 0 Å². The van der Waals surface area contributed by atoms with Crippen LogP contribution in [-0.4, -0.2) is 153 Å². The summed E-state index contributed by atoms with van der Waals surface area (Å²) >= 11 is 0.255. The number of Topliss-reactive ketones (excluding diaryl/α,β-unsaturated/α-hetero) is 1. The number of rotatable bonds is 33. The number of unbranched alkanes of at least 4 members (excludes halogenated alkanes) is 11. The van der Waals surface area contributed by atoms with Crippen LogP contribution in [0.15, 0.2) is 0 Å². The summed E-state index contributed by atoms with van der Waals surface area (Å²) in [5.41, 5.74) is 3.99. The van der Waals surface area contributed by atoms with Crippen molar-refractivity contribution in [3.8, 4) is 0 Å². The Bertz CT molecular complexity index is 1790. The number of aliphatic hydroxyl groups excluding tert-OH is 2. The summed E-state index contributed by atoms with van der Waals surface area (Å²) < 4.78 is 27.0. The van der Waals surface area contributed by atoms with Crippen molar-refractivity contribution < 1.29 is 82.2 Å². The first kappa shape index (κ1) is 66.4. The van der Waals surface area contributed by atoms with E-state index in [0.717, 1.165) is 59.0 Å². The van der Waals surface area contributed by atoms with Crippen LogP contribution in [-0.2, 0) is 57.2 Å². The quantitative estimate of drug-likeness (QED) is 0.0197. The minimum absolute atomic E-state index is 0.0804. The maximum Gasteiger partial charge on any atom is 0.407 e. The van der Waals surface area contributed by atoms with Crippen LogP contribution in [0.4, 0.5) is 9.59 Å². The highest BCUT2D eigenvalue weighted by Crippen LogP contribution is 2.41. The number of carbonyl (C=O) groups is 9. The van der Waals surface area contributed by atoms with Gasteiger partial charge < -0.3 is 71.3 Å². The van der Waals surface area contributed by atoms with E-state index in [1.165, 1.54) is 13.8 Å². The van der Waals surface area contributed by atoms with Crippen molar-refractivity contribution in [1.82, 2.24) is 26.6 Å². The first-order valence-corrected chi connectivity index (χ1v) is 26.2. The Morgan fingerprint density at radius 1 is 0.712 bits per heavy atom. The van der Waals surface area contributed by atoms with Gasteiger partial charge in [0.15, 0.2) is 10.9 Å². The average molecular weight is 1060 g/mol. The molecule has 420 valence electrons. The number of carbonyl (C=O) groups excluding carboxylic acids is 9. The Balaban J connectivity index is 3.12.